The summed E-state index contributed by atoms with van der Waals surface area (Å²) < 4.78 is 16.5. The lowest BCUT2D eigenvalue weighted by molar-refractivity contribution is 0.0951. The number of aliphatic hydroxyl groups excluding tert-OH is 1. The summed E-state index contributed by atoms with van der Waals surface area (Å²) in [5.74, 6) is 1.71. The van der Waals surface area contributed by atoms with Crippen LogP contribution in [0.2, 0.25) is 0 Å². The highest BCUT2D eigenvalue weighted by Crippen LogP contribution is 2.28. The highest BCUT2D eigenvalue weighted by molar-refractivity contribution is 5.95. The number of hydrogen-bond acceptors (Lipinski definition) is 6. The van der Waals surface area contributed by atoms with Gasteiger partial charge in [0.05, 0.1) is 26.5 Å². The van der Waals surface area contributed by atoms with Gasteiger partial charge in [0, 0.05) is 36.8 Å². The quantitative estimate of drug-likeness (QED) is 0.447. The number of benzene rings is 2. The molecule has 0 aliphatic heterocycles. The average Bonchev–Trinajstić information content (AvgIpc) is 2.84. The molecule has 2 aromatic carbocycles. The molecule has 0 spiro atoms. The molecule has 2 N–H and O–H groups in total. The van der Waals surface area contributed by atoms with Crippen LogP contribution in [0.1, 0.15) is 22.3 Å². The van der Waals surface area contributed by atoms with E-state index in [1.165, 1.54) is 0 Å². The number of methoxy groups -OCH3 is 2. The van der Waals surface area contributed by atoms with Gasteiger partial charge in [0.15, 0.2) is 11.5 Å². The Morgan fingerprint density at radius 2 is 1.81 bits per heavy atom. The van der Waals surface area contributed by atoms with E-state index in [0.717, 1.165) is 16.8 Å². The first kappa shape index (κ1) is 23.1. The van der Waals surface area contributed by atoms with Crippen LogP contribution < -0.4 is 19.5 Å². The first-order valence-electron chi connectivity index (χ1n) is 10.4. The molecule has 3 aromatic rings. The first-order valence-corrected chi connectivity index (χ1v) is 10.4. The second-order valence-corrected chi connectivity index (χ2v) is 7.06. The fourth-order valence-electron chi connectivity index (χ4n) is 3.17. The predicted molar refractivity (Wildman–Crippen MR) is 122 cm³/mol. The van der Waals surface area contributed by atoms with Gasteiger partial charge in [-0.2, -0.15) is 0 Å². The van der Waals surface area contributed by atoms with Crippen molar-refractivity contribution in [3.8, 4) is 28.6 Å². The zero-order valence-corrected chi connectivity index (χ0v) is 18.3. The summed E-state index contributed by atoms with van der Waals surface area (Å²) in [6.07, 6.45) is 1.21. The molecule has 32 heavy (non-hydrogen) atoms. The van der Waals surface area contributed by atoms with Gasteiger partial charge in [0.2, 0.25) is 5.88 Å². The molecular weight excluding hydrogens is 408 g/mol. The van der Waals surface area contributed by atoms with Gasteiger partial charge in [0.1, 0.15) is 0 Å². The number of ether oxygens (including phenoxy) is 3. The van der Waals surface area contributed by atoms with Crippen molar-refractivity contribution in [1.29, 1.82) is 0 Å². The Hall–Kier alpha value is -3.58. The summed E-state index contributed by atoms with van der Waals surface area (Å²) in [6, 6.07) is 18.6. The minimum atomic E-state index is -0.178. The zero-order chi connectivity index (χ0) is 22.8. The SMILES string of the molecule is COc1ccc(CCOc2cccc(-c3cccc(C(=O)NCCCO)c3)n2)cc1OC. The molecule has 0 saturated carbocycles. The van der Waals surface area contributed by atoms with E-state index in [9.17, 15) is 4.79 Å². The van der Waals surface area contributed by atoms with Gasteiger partial charge in [-0.1, -0.05) is 24.3 Å². The van der Waals surface area contributed by atoms with E-state index in [-0.39, 0.29) is 12.5 Å². The summed E-state index contributed by atoms with van der Waals surface area (Å²) in [5.41, 5.74) is 3.16. The Morgan fingerprint density at radius 1 is 1.00 bits per heavy atom. The van der Waals surface area contributed by atoms with Gasteiger partial charge in [-0.3, -0.25) is 4.79 Å². The maximum atomic E-state index is 12.3. The first-order chi connectivity index (χ1) is 15.6. The van der Waals surface area contributed by atoms with E-state index in [4.69, 9.17) is 19.3 Å². The lowest BCUT2D eigenvalue weighted by atomic mass is 10.1. The number of aromatic nitrogens is 1. The number of nitrogens with one attached hydrogen (secondary N) is 1. The Bertz CT molecular complexity index is 1040. The summed E-state index contributed by atoms with van der Waals surface area (Å²) in [4.78, 5) is 16.9. The number of rotatable bonds is 11. The van der Waals surface area contributed by atoms with E-state index in [0.29, 0.717) is 48.9 Å². The average molecular weight is 437 g/mol. The Kier molecular flexibility index (Phi) is 8.45. The molecule has 3 rings (SSSR count). The van der Waals surface area contributed by atoms with Gasteiger partial charge >= 0.3 is 0 Å². The van der Waals surface area contributed by atoms with E-state index in [1.54, 1.807) is 26.4 Å². The van der Waals surface area contributed by atoms with Crippen molar-refractivity contribution in [3.05, 3.63) is 71.8 Å². The third-order valence-electron chi connectivity index (χ3n) is 4.85. The van der Waals surface area contributed by atoms with E-state index < -0.39 is 0 Å². The van der Waals surface area contributed by atoms with Crippen LogP contribution in [0.15, 0.2) is 60.7 Å². The molecule has 0 unspecified atom stereocenters. The van der Waals surface area contributed by atoms with Crippen molar-refractivity contribution >= 4 is 5.91 Å². The summed E-state index contributed by atoms with van der Waals surface area (Å²) in [5, 5.41) is 11.6. The van der Waals surface area contributed by atoms with Crippen LogP contribution >= 0.6 is 0 Å². The third-order valence-corrected chi connectivity index (χ3v) is 4.85. The van der Waals surface area contributed by atoms with Crippen molar-refractivity contribution in [2.45, 2.75) is 12.8 Å². The highest BCUT2D eigenvalue weighted by atomic mass is 16.5. The molecule has 0 aliphatic carbocycles. The second kappa shape index (κ2) is 11.7. The molecule has 0 fully saturated rings. The summed E-state index contributed by atoms with van der Waals surface area (Å²) >= 11 is 0. The number of carbonyl (C=O) groups is 1. The number of amides is 1. The van der Waals surface area contributed by atoms with Gasteiger partial charge in [-0.15, -0.1) is 0 Å². The summed E-state index contributed by atoms with van der Waals surface area (Å²) in [6.45, 7) is 0.934. The largest absolute Gasteiger partial charge is 0.493 e. The van der Waals surface area contributed by atoms with E-state index >= 15 is 0 Å². The predicted octanol–water partition coefficient (Wildman–Crippen LogP) is 3.50. The molecule has 0 atom stereocenters. The lowest BCUT2D eigenvalue weighted by Gasteiger charge is -2.11. The molecule has 7 heteroatoms. The number of pyridine rings is 1. The van der Waals surface area contributed by atoms with Crippen molar-refractivity contribution in [2.75, 3.05) is 34.0 Å². The normalized spacial score (nSPS) is 10.5. The molecule has 1 aromatic heterocycles. The Labute approximate surface area is 188 Å². The van der Waals surface area contributed by atoms with Crippen LogP contribution in [0, 0.1) is 0 Å². The van der Waals surface area contributed by atoms with Crippen LogP contribution in [-0.4, -0.2) is 50.0 Å². The lowest BCUT2D eigenvalue weighted by Crippen LogP contribution is -2.24. The molecule has 0 saturated heterocycles. The van der Waals surface area contributed by atoms with Crippen LogP contribution in [0.5, 0.6) is 17.4 Å². The number of carbonyl (C=O) groups excluding carboxylic acids is 1. The molecule has 0 radical (unpaired) electrons. The summed E-state index contributed by atoms with van der Waals surface area (Å²) in [7, 11) is 3.22. The molecule has 1 heterocycles. The van der Waals surface area contributed by atoms with Gasteiger partial charge < -0.3 is 24.6 Å². The minimum Gasteiger partial charge on any atom is -0.493 e. The number of nitrogens with zero attached hydrogens (tertiary/aromatic N) is 1. The maximum absolute atomic E-state index is 12.3. The third kappa shape index (κ3) is 6.21. The minimum absolute atomic E-state index is 0.0447. The van der Waals surface area contributed by atoms with Crippen LogP contribution in [0.25, 0.3) is 11.3 Å². The fraction of sp³-hybridized carbons (Fsp3) is 0.280. The van der Waals surface area contributed by atoms with Crippen molar-refractivity contribution in [3.63, 3.8) is 0 Å². The molecule has 7 nitrogen and oxygen atoms in total. The van der Waals surface area contributed by atoms with E-state index in [2.05, 4.69) is 10.3 Å². The molecule has 0 aliphatic rings. The molecule has 0 bridgehead atoms. The topological polar surface area (TPSA) is 89.9 Å². The van der Waals surface area contributed by atoms with Crippen LogP contribution in [0.4, 0.5) is 0 Å². The van der Waals surface area contributed by atoms with Gasteiger partial charge in [-0.25, -0.2) is 4.98 Å². The maximum Gasteiger partial charge on any atom is 0.251 e. The molecule has 1 amide bonds. The van der Waals surface area contributed by atoms with Crippen LogP contribution in [0.3, 0.4) is 0 Å². The number of hydrogen-bond donors (Lipinski definition) is 2. The smallest absolute Gasteiger partial charge is 0.251 e. The zero-order valence-electron chi connectivity index (χ0n) is 18.3. The van der Waals surface area contributed by atoms with E-state index in [1.807, 2.05) is 48.5 Å². The number of aliphatic hydroxyl groups is 1. The Morgan fingerprint density at radius 3 is 2.59 bits per heavy atom. The fourth-order valence-corrected chi connectivity index (χ4v) is 3.17. The molecular formula is C25H28N2O5. The standard InChI is InChI=1S/C25H28N2O5/c1-30-22-11-10-18(16-23(22)31-2)12-15-32-24-9-4-8-21(27-24)19-6-3-7-20(17-19)25(29)26-13-5-14-28/h3-4,6-11,16-17,28H,5,12-15H2,1-2H3,(H,26,29). The second-order valence-electron chi connectivity index (χ2n) is 7.06. The Balaban J connectivity index is 1.63. The van der Waals surface area contributed by atoms with Crippen molar-refractivity contribution in [1.82, 2.24) is 10.3 Å². The highest BCUT2D eigenvalue weighted by Gasteiger charge is 2.09. The monoisotopic (exact) mass is 436 g/mol. The van der Waals surface area contributed by atoms with Crippen LogP contribution in [-0.2, 0) is 6.42 Å². The van der Waals surface area contributed by atoms with Crippen molar-refractivity contribution < 1.29 is 24.1 Å². The van der Waals surface area contributed by atoms with Gasteiger partial charge in [0.25, 0.3) is 5.91 Å². The molecule has 168 valence electrons. The van der Waals surface area contributed by atoms with Gasteiger partial charge in [-0.05, 0) is 42.3 Å². The van der Waals surface area contributed by atoms with Crippen molar-refractivity contribution in [2.24, 2.45) is 0 Å².